The van der Waals surface area contributed by atoms with E-state index in [-0.39, 0.29) is 5.91 Å². The first-order chi connectivity index (χ1) is 9.11. The number of nitrogens with zero attached hydrogens (tertiary/aromatic N) is 1. The summed E-state index contributed by atoms with van der Waals surface area (Å²) < 4.78 is 0.839. The van der Waals surface area contributed by atoms with E-state index < -0.39 is 0 Å². The highest BCUT2D eigenvalue weighted by Crippen LogP contribution is 2.24. The number of benzene rings is 1. The van der Waals surface area contributed by atoms with Gasteiger partial charge in [-0.15, -0.1) is 12.6 Å². The van der Waals surface area contributed by atoms with Crippen molar-refractivity contribution in [3.8, 4) is 0 Å². The zero-order chi connectivity index (χ0) is 13.8. The Balaban J connectivity index is 2.12. The lowest BCUT2D eigenvalue weighted by Crippen LogP contribution is -2.42. The highest BCUT2D eigenvalue weighted by Gasteiger charge is 2.25. The van der Waals surface area contributed by atoms with Crippen LogP contribution in [0, 0.1) is 5.92 Å². The molecule has 3 nitrogen and oxygen atoms in total. The van der Waals surface area contributed by atoms with Crippen molar-refractivity contribution in [1.29, 1.82) is 0 Å². The molecule has 1 heterocycles. The van der Waals surface area contributed by atoms with Crippen LogP contribution in [0.1, 0.15) is 23.2 Å². The van der Waals surface area contributed by atoms with Gasteiger partial charge in [-0.1, -0.05) is 0 Å². The van der Waals surface area contributed by atoms with E-state index in [0.29, 0.717) is 11.5 Å². The summed E-state index contributed by atoms with van der Waals surface area (Å²) >= 11 is 7.76. The molecule has 1 fully saturated rings. The molecule has 104 valence electrons. The second-order valence-corrected chi connectivity index (χ2v) is 6.35. The van der Waals surface area contributed by atoms with E-state index in [2.05, 4.69) is 33.9 Å². The Hall–Kier alpha value is -0.520. The summed E-state index contributed by atoms with van der Waals surface area (Å²) in [6.07, 6.45) is 2.27. The van der Waals surface area contributed by atoms with Crippen LogP contribution in [0.3, 0.4) is 0 Å². The summed E-state index contributed by atoms with van der Waals surface area (Å²) in [7, 11) is 1.96. The van der Waals surface area contributed by atoms with E-state index in [1.165, 1.54) is 6.42 Å². The molecule has 1 aliphatic rings. The monoisotopic (exact) mass is 342 g/mol. The molecule has 1 aliphatic heterocycles. The van der Waals surface area contributed by atoms with Gasteiger partial charge in [-0.05, 0) is 66.5 Å². The predicted molar refractivity (Wildman–Crippen MR) is 83.9 cm³/mol. The molecule has 0 spiro atoms. The quantitative estimate of drug-likeness (QED) is 0.828. The van der Waals surface area contributed by atoms with Gasteiger partial charge in [0, 0.05) is 22.5 Å². The molecule has 0 aromatic heterocycles. The van der Waals surface area contributed by atoms with Crippen molar-refractivity contribution < 1.29 is 4.79 Å². The Morgan fingerprint density at radius 1 is 1.58 bits per heavy atom. The fraction of sp³-hybridized carbons (Fsp3) is 0.500. The van der Waals surface area contributed by atoms with Crippen molar-refractivity contribution in [3.05, 3.63) is 28.2 Å². The molecule has 1 atom stereocenters. The first-order valence-corrected chi connectivity index (χ1v) is 7.78. The number of halogens is 1. The minimum Gasteiger partial charge on any atom is -0.338 e. The lowest BCUT2D eigenvalue weighted by atomic mass is 9.97. The lowest BCUT2D eigenvalue weighted by Gasteiger charge is -2.33. The standard InChI is InChI=1S/C14H19BrN2OS/c1-16-8-10-3-2-6-17(9-10)14(18)12-7-11(19)4-5-13(12)15/h4-5,7,10,16,19H,2-3,6,8-9H2,1H3. The summed E-state index contributed by atoms with van der Waals surface area (Å²) in [6.45, 7) is 2.66. The average Bonchev–Trinajstić information content (AvgIpc) is 2.41. The van der Waals surface area contributed by atoms with Gasteiger partial charge in [0.05, 0.1) is 5.56 Å². The molecule has 1 unspecified atom stereocenters. The molecule has 0 radical (unpaired) electrons. The van der Waals surface area contributed by atoms with Gasteiger partial charge in [0.15, 0.2) is 0 Å². The van der Waals surface area contributed by atoms with Gasteiger partial charge in [0.1, 0.15) is 0 Å². The summed E-state index contributed by atoms with van der Waals surface area (Å²) in [5.74, 6) is 0.657. The van der Waals surface area contributed by atoms with Gasteiger partial charge in [-0.3, -0.25) is 4.79 Å². The minimum absolute atomic E-state index is 0.101. The van der Waals surface area contributed by atoms with E-state index in [0.717, 1.165) is 35.4 Å². The van der Waals surface area contributed by atoms with Gasteiger partial charge in [-0.2, -0.15) is 0 Å². The van der Waals surface area contributed by atoms with Crippen molar-refractivity contribution >= 4 is 34.5 Å². The smallest absolute Gasteiger partial charge is 0.255 e. The predicted octanol–water partition coefficient (Wildman–Crippen LogP) is 2.81. The Bertz CT molecular complexity index is 465. The van der Waals surface area contributed by atoms with Crippen LogP contribution in [-0.4, -0.2) is 37.5 Å². The maximum Gasteiger partial charge on any atom is 0.255 e. The van der Waals surface area contributed by atoms with Crippen LogP contribution in [-0.2, 0) is 0 Å². The SMILES string of the molecule is CNCC1CCCN(C(=O)c2cc(S)ccc2Br)C1. The molecule has 1 N–H and O–H groups in total. The van der Waals surface area contributed by atoms with E-state index >= 15 is 0 Å². The van der Waals surface area contributed by atoms with Crippen LogP contribution in [0.4, 0.5) is 0 Å². The maximum absolute atomic E-state index is 12.6. The molecule has 1 saturated heterocycles. The molecule has 2 rings (SSSR count). The van der Waals surface area contributed by atoms with E-state index in [4.69, 9.17) is 0 Å². The largest absolute Gasteiger partial charge is 0.338 e. The van der Waals surface area contributed by atoms with Gasteiger partial charge in [0.2, 0.25) is 0 Å². The van der Waals surface area contributed by atoms with Crippen molar-refractivity contribution in [1.82, 2.24) is 10.2 Å². The number of likely N-dealkylation sites (tertiary alicyclic amines) is 1. The van der Waals surface area contributed by atoms with Crippen LogP contribution >= 0.6 is 28.6 Å². The Kier molecular flexibility index (Phi) is 5.30. The molecule has 1 amide bonds. The van der Waals surface area contributed by atoms with Crippen LogP contribution < -0.4 is 5.32 Å². The van der Waals surface area contributed by atoms with Gasteiger partial charge >= 0.3 is 0 Å². The first-order valence-electron chi connectivity index (χ1n) is 6.54. The van der Waals surface area contributed by atoms with E-state index in [9.17, 15) is 4.79 Å². The van der Waals surface area contributed by atoms with Crippen LogP contribution in [0.15, 0.2) is 27.6 Å². The molecule has 0 bridgehead atoms. The van der Waals surface area contributed by atoms with Gasteiger partial charge < -0.3 is 10.2 Å². The number of carbonyl (C=O) groups is 1. The second-order valence-electron chi connectivity index (χ2n) is 4.98. The third-order valence-electron chi connectivity index (χ3n) is 3.48. The van der Waals surface area contributed by atoms with Crippen molar-refractivity contribution in [2.75, 3.05) is 26.7 Å². The van der Waals surface area contributed by atoms with Crippen LogP contribution in [0.5, 0.6) is 0 Å². The number of piperidine rings is 1. The summed E-state index contributed by atoms with van der Waals surface area (Å²) in [4.78, 5) is 15.3. The fourth-order valence-corrected chi connectivity index (χ4v) is 3.17. The van der Waals surface area contributed by atoms with Crippen LogP contribution in [0.2, 0.25) is 0 Å². The zero-order valence-electron chi connectivity index (χ0n) is 11.0. The molecule has 19 heavy (non-hydrogen) atoms. The first kappa shape index (κ1) is 14.9. The normalized spacial score (nSPS) is 19.5. The molecule has 1 aromatic rings. The molecular formula is C14H19BrN2OS. The number of nitrogens with one attached hydrogen (secondary N) is 1. The van der Waals surface area contributed by atoms with Crippen molar-refractivity contribution in [3.63, 3.8) is 0 Å². The number of hydrogen-bond donors (Lipinski definition) is 2. The number of rotatable bonds is 3. The third kappa shape index (κ3) is 3.74. The lowest BCUT2D eigenvalue weighted by molar-refractivity contribution is 0.0673. The summed E-state index contributed by atoms with van der Waals surface area (Å²) in [5, 5.41) is 3.20. The molecular weight excluding hydrogens is 324 g/mol. The number of thiol groups is 1. The molecule has 1 aromatic carbocycles. The number of amides is 1. The topological polar surface area (TPSA) is 32.3 Å². The average molecular weight is 343 g/mol. The van der Waals surface area contributed by atoms with Crippen molar-refractivity contribution in [2.24, 2.45) is 5.92 Å². The third-order valence-corrected chi connectivity index (χ3v) is 4.45. The van der Waals surface area contributed by atoms with Crippen LogP contribution in [0.25, 0.3) is 0 Å². The highest BCUT2D eigenvalue weighted by atomic mass is 79.9. The molecule has 5 heteroatoms. The zero-order valence-corrected chi connectivity index (χ0v) is 13.5. The summed E-state index contributed by atoms with van der Waals surface area (Å²) in [6, 6.07) is 5.59. The molecule has 0 saturated carbocycles. The van der Waals surface area contributed by atoms with Crippen molar-refractivity contribution in [2.45, 2.75) is 17.7 Å². The highest BCUT2D eigenvalue weighted by molar-refractivity contribution is 9.10. The second kappa shape index (κ2) is 6.77. The Morgan fingerprint density at radius 3 is 3.11 bits per heavy atom. The molecule has 0 aliphatic carbocycles. The van der Waals surface area contributed by atoms with E-state index in [1.54, 1.807) is 0 Å². The fourth-order valence-electron chi connectivity index (χ4n) is 2.55. The number of hydrogen-bond acceptors (Lipinski definition) is 3. The minimum atomic E-state index is 0.101. The maximum atomic E-state index is 12.6. The Labute approximate surface area is 128 Å². The number of carbonyl (C=O) groups excluding carboxylic acids is 1. The van der Waals surface area contributed by atoms with Gasteiger partial charge in [0.25, 0.3) is 5.91 Å². The van der Waals surface area contributed by atoms with E-state index in [1.807, 2.05) is 30.1 Å². The summed E-state index contributed by atoms with van der Waals surface area (Å²) in [5.41, 5.74) is 0.706. The Morgan fingerprint density at radius 2 is 2.37 bits per heavy atom. The van der Waals surface area contributed by atoms with Gasteiger partial charge in [-0.25, -0.2) is 0 Å².